The van der Waals surface area contributed by atoms with Crippen LogP contribution in [0.1, 0.15) is 19.4 Å². The zero-order chi connectivity index (χ0) is 12.0. The van der Waals surface area contributed by atoms with Crippen molar-refractivity contribution in [2.24, 2.45) is 0 Å². The minimum absolute atomic E-state index is 0.348. The van der Waals surface area contributed by atoms with Crippen LogP contribution in [-0.2, 0) is 11.3 Å². The molecule has 16 heavy (non-hydrogen) atoms. The Morgan fingerprint density at radius 1 is 1.38 bits per heavy atom. The Morgan fingerprint density at radius 3 is 2.50 bits per heavy atom. The third kappa shape index (κ3) is 3.42. The smallest absolute Gasteiger partial charge is 0.414 e. The van der Waals surface area contributed by atoms with Crippen LogP contribution in [-0.4, -0.2) is 17.6 Å². The minimum atomic E-state index is -0.348. The first-order valence-corrected chi connectivity index (χ1v) is 5.29. The predicted octanol–water partition coefficient (Wildman–Crippen LogP) is 3.18. The van der Waals surface area contributed by atoms with E-state index in [1.165, 1.54) is 4.90 Å². The van der Waals surface area contributed by atoms with E-state index in [4.69, 9.17) is 4.74 Å². The Bertz CT molecular complexity index is 359. The number of rotatable bonds is 4. The second-order valence-electron chi connectivity index (χ2n) is 3.51. The zero-order valence-corrected chi connectivity index (χ0v) is 9.77. The molecule has 0 spiro atoms. The van der Waals surface area contributed by atoms with Crippen LogP contribution >= 0.6 is 0 Å². The lowest BCUT2D eigenvalue weighted by Gasteiger charge is -2.21. The van der Waals surface area contributed by atoms with Crippen molar-refractivity contribution in [2.75, 3.05) is 6.61 Å². The van der Waals surface area contributed by atoms with Crippen molar-refractivity contribution >= 4 is 6.09 Å². The Hall–Kier alpha value is -1.77. The fourth-order valence-corrected chi connectivity index (χ4v) is 1.32. The van der Waals surface area contributed by atoms with Crippen LogP contribution in [0.3, 0.4) is 0 Å². The molecule has 0 radical (unpaired) electrons. The van der Waals surface area contributed by atoms with Gasteiger partial charge in [0, 0.05) is 5.70 Å². The molecular formula is C13H17NO2. The van der Waals surface area contributed by atoms with Gasteiger partial charge >= 0.3 is 6.09 Å². The molecule has 3 heteroatoms. The van der Waals surface area contributed by atoms with Crippen molar-refractivity contribution in [3.63, 3.8) is 0 Å². The van der Waals surface area contributed by atoms with Gasteiger partial charge in [0.2, 0.25) is 0 Å². The molecule has 86 valence electrons. The van der Waals surface area contributed by atoms with Gasteiger partial charge in [-0.15, -0.1) is 0 Å². The Morgan fingerprint density at radius 2 is 2.00 bits per heavy atom. The lowest BCUT2D eigenvalue weighted by Crippen LogP contribution is -2.29. The van der Waals surface area contributed by atoms with Crippen molar-refractivity contribution in [1.82, 2.24) is 4.90 Å². The first-order valence-electron chi connectivity index (χ1n) is 5.29. The first-order chi connectivity index (χ1) is 7.65. The standard InChI is InChI=1S/C13H17NO2/c1-4-16-13(15)14(11(2)3)10-12-8-6-5-7-9-12/h5-9H,2,4,10H2,1,3H3. The van der Waals surface area contributed by atoms with Crippen LogP contribution < -0.4 is 0 Å². The molecule has 3 nitrogen and oxygen atoms in total. The summed E-state index contributed by atoms with van der Waals surface area (Å²) in [6.45, 7) is 8.23. The van der Waals surface area contributed by atoms with Gasteiger partial charge in [0.15, 0.2) is 0 Å². The third-order valence-corrected chi connectivity index (χ3v) is 2.13. The average molecular weight is 219 g/mol. The van der Waals surface area contributed by atoms with Gasteiger partial charge in [0.05, 0.1) is 13.2 Å². The van der Waals surface area contributed by atoms with Crippen LogP contribution in [0.25, 0.3) is 0 Å². The van der Waals surface area contributed by atoms with E-state index in [0.717, 1.165) is 5.56 Å². The molecule has 0 saturated heterocycles. The van der Waals surface area contributed by atoms with E-state index in [1.807, 2.05) is 30.3 Å². The average Bonchev–Trinajstić information content (AvgIpc) is 2.27. The van der Waals surface area contributed by atoms with E-state index < -0.39 is 0 Å². The van der Waals surface area contributed by atoms with Crippen LogP contribution in [0.2, 0.25) is 0 Å². The Labute approximate surface area is 96.3 Å². The molecule has 0 atom stereocenters. The van der Waals surface area contributed by atoms with Crippen molar-refractivity contribution in [1.29, 1.82) is 0 Å². The molecule has 0 aliphatic rings. The van der Waals surface area contributed by atoms with E-state index in [-0.39, 0.29) is 6.09 Å². The topological polar surface area (TPSA) is 29.5 Å². The summed E-state index contributed by atoms with van der Waals surface area (Å²) >= 11 is 0. The SMILES string of the molecule is C=C(C)N(Cc1ccccc1)C(=O)OCC. The van der Waals surface area contributed by atoms with Gasteiger partial charge < -0.3 is 4.74 Å². The maximum absolute atomic E-state index is 11.6. The van der Waals surface area contributed by atoms with E-state index in [1.54, 1.807) is 13.8 Å². The van der Waals surface area contributed by atoms with E-state index >= 15 is 0 Å². The molecule has 1 aromatic rings. The number of nitrogens with zero attached hydrogens (tertiary/aromatic N) is 1. The molecule has 1 aromatic carbocycles. The lowest BCUT2D eigenvalue weighted by molar-refractivity contribution is 0.116. The predicted molar refractivity (Wildman–Crippen MR) is 63.8 cm³/mol. The highest BCUT2D eigenvalue weighted by atomic mass is 16.6. The van der Waals surface area contributed by atoms with Crippen LogP contribution in [0.15, 0.2) is 42.6 Å². The summed E-state index contributed by atoms with van der Waals surface area (Å²) in [4.78, 5) is 13.2. The number of carbonyl (C=O) groups is 1. The number of amides is 1. The minimum Gasteiger partial charge on any atom is -0.449 e. The highest BCUT2D eigenvalue weighted by Gasteiger charge is 2.15. The van der Waals surface area contributed by atoms with Gasteiger partial charge in [-0.3, -0.25) is 4.90 Å². The molecule has 0 N–H and O–H groups in total. The lowest BCUT2D eigenvalue weighted by atomic mass is 10.2. The molecule has 1 rings (SSSR count). The van der Waals surface area contributed by atoms with Crippen LogP contribution in [0.4, 0.5) is 4.79 Å². The molecule has 1 amide bonds. The Balaban J connectivity index is 2.73. The summed E-state index contributed by atoms with van der Waals surface area (Å²) in [5.41, 5.74) is 1.74. The van der Waals surface area contributed by atoms with Gasteiger partial charge in [-0.05, 0) is 19.4 Å². The number of carbonyl (C=O) groups excluding carboxylic acids is 1. The highest BCUT2D eigenvalue weighted by molar-refractivity contribution is 5.69. The quantitative estimate of drug-likeness (QED) is 0.778. The normalized spacial score (nSPS) is 9.62. The molecule has 0 aliphatic carbocycles. The maximum Gasteiger partial charge on any atom is 0.414 e. The van der Waals surface area contributed by atoms with Gasteiger partial charge in [-0.1, -0.05) is 36.9 Å². The molecular weight excluding hydrogens is 202 g/mol. The first kappa shape index (κ1) is 12.3. The zero-order valence-electron chi connectivity index (χ0n) is 9.77. The maximum atomic E-state index is 11.6. The van der Waals surface area contributed by atoms with Gasteiger partial charge in [0.25, 0.3) is 0 Å². The number of allylic oxidation sites excluding steroid dienone is 1. The molecule has 0 bridgehead atoms. The number of hydrogen-bond donors (Lipinski definition) is 0. The summed E-state index contributed by atoms with van der Waals surface area (Å²) < 4.78 is 4.96. The fourth-order valence-electron chi connectivity index (χ4n) is 1.32. The number of ether oxygens (including phenoxy) is 1. The summed E-state index contributed by atoms with van der Waals surface area (Å²) in [6, 6.07) is 9.76. The molecule has 0 aliphatic heterocycles. The fraction of sp³-hybridized carbons (Fsp3) is 0.308. The highest BCUT2D eigenvalue weighted by Crippen LogP contribution is 2.10. The molecule has 0 unspecified atom stereocenters. The largest absolute Gasteiger partial charge is 0.449 e. The van der Waals surface area contributed by atoms with Crippen molar-refractivity contribution in [3.8, 4) is 0 Å². The summed E-state index contributed by atoms with van der Waals surface area (Å²) in [5, 5.41) is 0. The number of hydrogen-bond acceptors (Lipinski definition) is 2. The van der Waals surface area contributed by atoms with Crippen molar-refractivity contribution in [3.05, 3.63) is 48.2 Å². The van der Waals surface area contributed by atoms with E-state index in [2.05, 4.69) is 6.58 Å². The molecule has 0 fully saturated rings. The van der Waals surface area contributed by atoms with Gasteiger partial charge in [-0.25, -0.2) is 4.79 Å². The van der Waals surface area contributed by atoms with Crippen molar-refractivity contribution in [2.45, 2.75) is 20.4 Å². The molecule has 0 aromatic heterocycles. The van der Waals surface area contributed by atoms with E-state index in [9.17, 15) is 4.79 Å². The molecule has 0 heterocycles. The van der Waals surface area contributed by atoms with Crippen LogP contribution in [0, 0.1) is 0 Å². The van der Waals surface area contributed by atoms with Gasteiger partial charge in [-0.2, -0.15) is 0 Å². The number of benzene rings is 1. The third-order valence-electron chi connectivity index (χ3n) is 2.13. The monoisotopic (exact) mass is 219 g/mol. The molecule has 0 saturated carbocycles. The summed E-state index contributed by atoms with van der Waals surface area (Å²) in [7, 11) is 0. The second-order valence-corrected chi connectivity index (χ2v) is 3.51. The van der Waals surface area contributed by atoms with E-state index in [0.29, 0.717) is 18.8 Å². The van der Waals surface area contributed by atoms with Crippen molar-refractivity contribution < 1.29 is 9.53 Å². The second kappa shape index (κ2) is 5.95. The van der Waals surface area contributed by atoms with Gasteiger partial charge in [0.1, 0.15) is 0 Å². The Kier molecular flexibility index (Phi) is 4.58. The van der Waals surface area contributed by atoms with Crippen LogP contribution in [0.5, 0.6) is 0 Å². The summed E-state index contributed by atoms with van der Waals surface area (Å²) in [5.74, 6) is 0. The summed E-state index contributed by atoms with van der Waals surface area (Å²) in [6.07, 6.45) is -0.348.